The highest BCUT2D eigenvalue weighted by Crippen LogP contribution is 2.20. The van der Waals surface area contributed by atoms with E-state index in [2.05, 4.69) is 33.0 Å². The van der Waals surface area contributed by atoms with Crippen molar-refractivity contribution in [3.8, 4) is 0 Å². The van der Waals surface area contributed by atoms with Crippen molar-refractivity contribution < 1.29 is 8.42 Å². The molecule has 0 spiro atoms. The van der Waals surface area contributed by atoms with Gasteiger partial charge in [0.15, 0.2) is 0 Å². The Morgan fingerprint density at radius 1 is 1.16 bits per heavy atom. The molecule has 1 N–H and O–H groups in total. The second-order valence-electron chi connectivity index (χ2n) is 6.40. The average Bonchev–Trinajstić information content (AvgIpc) is 2.34. The summed E-state index contributed by atoms with van der Waals surface area (Å²) in [6.07, 6.45) is 2.73. The summed E-state index contributed by atoms with van der Waals surface area (Å²) in [4.78, 5) is 0. The van der Waals surface area contributed by atoms with Gasteiger partial charge < -0.3 is 5.32 Å². The molecular formula is C14H30N2O2S. The topological polar surface area (TPSA) is 49.4 Å². The SMILES string of the molecule is CC(C)CCS(=O)(=O)N1CCC(CNC(C)C)CC1. The Bertz CT molecular complexity index is 344. The summed E-state index contributed by atoms with van der Waals surface area (Å²) in [5.74, 6) is 1.38. The van der Waals surface area contributed by atoms with Gasteiger partial charge in [-0.15, -0.1) is 0 Å². The summed E-state index contributed by atoms with van der Waals surface area (Å²) < 4.78 is 26.0. The molecule has 0 atom stereocenters. The molecule has 1 aliphatic rings. The minimum atomic E-state index is -3.02. The highest BCUT2D eigenvalue weighted by Gasteiger charge is 2.27. The van der Waals surface area contributed by atoms with Crippen molar-refractivity contribution in [1.82, 2.24) is 9.62 Å². The zero-order valence-electron chi connectivity index (χ0n) is 12.9. The summed E-state index contributed by atoms with van der Waals surface area (Å²) in [5, 5.41) is 3.44. The standard InChI is InChI=1S/C14H30N2O2S/c1-12(2)7-10-19(17,18)16-8-5-14(6-9-16)11-15-13(3)4/h12-15H,5-11H2,1-4H3. The fourth-order valence-corrected chi connectivity index (χ4v) is 4.10. The number of hydrogen-bond donors (Lipinski definition) is 1. The molecule has 1 aliphatic heterocycles. The predicted octanol–water partition coefficient (Wildman–Crippen LogP) is 2.07. The van der Waals surface area contributed by atoms with E-state index in [9.17, 15) is 8.42 Å². The van der Waals surface area contributed by atoms with Gasteiger partial charge in [-0.2, -0.15) is 0 Å². The van der Waals surface area contributed by atoms with Crippen molar-refractivity contribution in [2.75, 3.05) is 25.4 Å². The fraction of sp³-hybridized carbons (Fsp3) is 1.00. The van der Waals surface area contributed by atoms with Crippen LogP contribution in [0.5, 0.6) is 0 Å². The van der Waals surface area contributed by atoms with Crippen LogP contribution in [0.25, 0.3) is 0 Å². The van der Waals surface area contributed by atoms with Crippen LogP contribution in [-0.2, 0) is 10.0 Å². The normalized spacial score (nSPS) is 19.5. The first-order chi connectivity index (χ1) is 8.81. The summed E-state index contributed by atoms with van der Waals surface area (Å²) >= 11 is 0. The van der Waals surface area contributed by atoms with Crippen LogP contribution in [0.4, 0.5) is 0 Å². The lowest BCUT2D eigenvalue weighted by Crippen LogP contribution is -2.42. The van der Waals surface area contributed by atoms with E-state index >= 15 is 0 Å². The Hall–Kier alpha value is -0.130. The Kier molecular flexibility index (Phi) is 6.77. The van der Waals surface area contributed by atoms with E-state index in [1.54, 1.807) is 4.31 Å². The van der Waals surface area contributed by atoms with E-state index in [0.29, 0.717) is 36.7 Å². The monoisotopic (exact) mass is 290 g/mol. The molecule has 1 rings (SSSR count). The molecule has 0 amide bonds. The molecule has 0 radical (unpaired) electrons. The molecular weight excluding hydrogens is 260 g/mol. The molecule has 0 aromatic rings. The van der Waals surface area contributed by atoms with Crippen molar-refractivity contribution >= 4 is 10.0 Å². The number of rotatable bonds is 7. The maximum absolute atomic E-state index is 12.2. The second kappa shape index (κ2) is 7.60. The Morgan fingerprint density at radius 2 is 1.74 bits per heavy atom. The third-order valence-electron chi connectivity index (χ3n) is 3.73. The summed E-state index contributed by atoms with van der Waals surface area (Å²) in [5.41, 5.74) is 0. The number of sulfonamides is 1. The van der Waals surface area contributed by atoms with Gasteiger partial charge in [0.25, 0.3) is 0 Å². The van der Waals surface area contributed by atoms with Gasteiger partial charge in [0, 0.05) is 19.1 Å². The van der Waals surface area contributed by atoms with Gasteiger partial charge in [0.05, 0.1) is 5.75 Å². The molecule has 114 valence electrons. The van der Waals surface area contributed by atoms with Gasteiger partial charge in [-0.1, -0.05) is 27.7 Å². The van der Waals surface area contributed by atoms with Crippen LogP contribution >= 0.6 is 0 Å². The molecule has 1 heterocycles. The van der Waals surface area contributed by atoms with Gasteiger partial charge in [-0.25, -0.2) is 12.7 Å². The van der Waals surface area contributed by atoms with E-state index in [1.165, 1.54) is 0 Å². The van der Waals surface area contributed by atoms with Crippen LogP contribution in [0.15, 0.2) is 0 Å². The molecule has 4 nitrogen and oxygen atoms in total. The van der Waals surface area contributed by atoms with E-state index in [1.807, 2.05) is 0 Å². The average molecular weight is 290 g/mol. The summed E-state index contributed by atoms with van der Waals surface area (Å²) in [6.45, 7) is 10.8. The zero-order chi connectivity index (χ0) is 14.5. The van der Waals surface area contributed by atoms with E-state index in [0.717, 1.165) is 25.8 Å². The van der Waals surface area contributed by atoms with Crippen LogP contribution in [-0.4, -0.2) is 44.2 Å². The molecule has 1 fully saturated rings. The van der Waals surface area contributed by atoms with E-state index in [-0.39, 0.29) is 0 Å². The van der Waals surface area contributed by atoms with Crippen LogP contribution in [0.3, 0.4) is 0 Å². The molecule has 0 aliphatic carbocycles. The summed E-state index contributed by atoms with van der Waals surface area (Å²) in [6, 6.07) is 0.507. The van der Waals surface area contributed by atoms with Gasteiger partial charge in [0.1, 0.15) is 0 Å². The third-order valence-corrected chi connectivity index (χ3v) is 5.64. The van der Waals surface area contributed by atoms with Crippen molar-refractivity contribution in [2.45, 2.75) is 53.0 Å². The first-order valence-electron chi connectivity index (χ1n) is 7.52. The molecule has 19 heavy (non-hydrogen) atoms. The Morgan fingerprint density at radius 3 is 2.21 bits per heavy atom. The molecule has 0 aromatic carbocycles. The second-order valence-corrected chi connectivity index (χ2v) is 8.49. The first kappa shape index (κ1) is 16.9. The smallest absolute Gasteiger partial charge is 0.214 e. The minimum absolute atomic E-state index is 0.305. The van der Waals surface area contributed by atoms with Gasteiger partial charge >= 0.3 is 0 Å². The fourth-order valence-electron chi connectivity index (χ4n) is 2.31. The summed E-state index contributed by atoms with van der Waals surface area (Å²) in [7, 11) is -3.02. The van der Waals surface area contributed by atoms with Crippen molar-refractivity contribution in [2.24, 2.45) is 11.8 Å². The maximum Gasteiger partial charge on any atom is 0.214 e. The first-order valence-corrected chi connectivity index (χ1v) is 9.13. The molecule has 1 saturated heterocycles. The lowest BCUT2D eigenvalue weighted by atomic mass is 9.98. The zero-order valence-corrected chi connectivity index (χ0v) is 13.7. The number of nitrogens with one attached hydrogen (secondary N) is 1. The van der Waals surface area contributed by atoms with E-state index in [4.69, 9.17) is 0 Å². The van der Waals surface area contributed by atoms with Crippen LogP contribution < -0.4 is 5.32 Å². The molecule has 0 unspecified atom stereocenters. The quantitative estimate of drug-likeness (QED) is 0.781. The molecule has 0 bridgehead atoms. The Balaban J connectivity index is 2.36. The van der Waals surface area contributed by atoms with Crippen molar-refractivity contribution in [3.05, 3.63) is 0 Å². The lowest BCUT2D eigenvalue weighted by Gasteiger charge is -2.31. The van der Waals surface area contributed by atoms with Crippen molar-refractivity contribution in [1.29, 1.82) is 0 Å². The minimum Gasteiger partial charge on any atom is -0.314 e. The van der Waals surface area contributed by atoms with E-state index < -0.39 is 10.0 Å². The molecule has 0 aromatic heterocycles. The number of nitrogens with zero attached hydrogens (tertiary/aromatic N) is 1. The maximum atomic E-state index is 12.2. The molecule has 5 heteroatoms. The van der Waals surface area contributed by atoms with Gasteiger partial charge in [0.2, 0.25) is 10.0 Å². The Labute approximate surface area is 119 Å². The predicted molar refractivity (Wildman–Crippen MR) is 80.7 cm³/mol. The van der Waals surface area contributed by atoms with Crippen LogP contribution in [0.2, 0.25) is 0 Å². The van der Waals surface area contributed by atoms with Gasteiger partial charge in [-0.3, -0.25) is 0 Å². The highest BCUT2D eigenvalue weighted by atomic mass is 32.2. The van der Waals surface area contributed by atoms with Gasteiger partial charge in [-0.05, 0) is 37.6 Å². The lowest BCUT2D eigenvalue weighted by molar-refractivity contribution is 0.263. The number of hydrogen-bond acceptors (Lipinski definition) is 3. The highest BCUT2D eigenvalue weighted by molar-refractivity contribution is 7.89. The van der Waals surface area contributed by atoms with Crippen LogP contribution in [0, 0.1) is 11.8 Å². The third kappa shape index (κ3) is 6.23. The largest absolute Gasteiger partial charge is 0.314 e. The van der Waals surface area contributed by atoms with Crippen LogP contribution in [0.1, 0.15) is 47.0 Å². The molecule has 0 saturated carbocycles. The van der Waals surface area contributed by atoms with Crippen molar-refractivity contribution in [3.63, 3.8) is 0 Å². The number of piperidine rings is 1.